The Labute approximate surface area is 126 Å². The number of ether oxygens (including phenoxy) is 1. The first-order chi connectivity index (χ1) is 10.2. The second kappa shape index (κ2) is 6.18. The van der Waals surface area contributed by atoms with Crippen LogP contribution in [0.15, 0.2) is 6.07 Å². The van der Waals surface area contributed by atoms with Gasteiger partial charge < -0.3 is 15.4 Å². The van der Waals surface area contributed by atoms with Gasteiger partial charge in [-0.25, -0.2) is 9.97 Å². The number of hydrogen-bond donors (Lipinski definition) is 2. The maximum absolute atomic E-state index is 5.22. The Kier molecular flexibility index (Phi) is 4.29. The van der Waals surface area contributed by atoms with E-state index < -0.39 is 0 Å². The molecule has 0 aromatic carbocycles. The number of nitrogens with zero attached hydrogens (tertiary/aromatic N) is 2. The fourth-order valence-corrected chi connectivity index (χ4v) is 2.64. The van der Waals surface area contributed by atoms with Crippen LogP contribution in [0.2, 0.25) is 0 Å². The van der Waals surface area contributed by atoms with Crippen molar-refractivity contribution in [1.82, 2.24) is 9.97 Å². The van der Waals surface area contributed by atoms with Crippen molar-refractivity contribution in [3.05, 3.63) is 11.9 Å². The van der Waals surface area contributed by atoms with E-state index in [1.165, 1.54) is 25.7 Å². The van der Waals surface area contributed by atoms with E-state index in [0.29, 0.717) is 11.3 Å². The minimum atomic E-state index is 0.430. The highest BCUT2D eigenvalue weighted by Crippen LogP contribution is 2.48. The predicted molar refractivity (Wildman–Crippen MR) is 84.8 cm³/mol. The van der Waals surface area contributed by atoms with Crippen molar-refractivity contribution >= 4 is 11.6 Å². The third kappa shape index (κ3) is 3.84. The summed E-state index contributed by atoms with van der Waals surface area (Å²) in [5.74, 6) is 3.48. The van der Waals surface area contributed by atoms with Crippen molar-refractivity contribution in [3.8, 4) is 0 Å². The molecule has 1 aromatic heterocycles. The van der Waals surface area contributed by atoms with Crippen LogP contribution in [0.25, 0.3) is 0 Å². The van der Waals surface area contributed by atoms with Crippen molar-refractivity contribution in [2.24, 2.45) is 5.41 Å². The Morgan fingerprint density at radius 2 is 1.95 bits per heavy atom. The summed E-state index contributed by atoms with van der Waals surface area (Å²) < 4.78 is 5.22. The van der Waals surface area contributed by atoms with Crippen LogP contribution in [-0.2, 0) is 4.74 Å². The standard InChI is InChI=1S/C16H26N4O/c1-3-17-13-10-14(20-15(19-13)12-4-5-12)18-11-16(6-7-16)8-9-21-2/h10,12H,3-9,11H2,1-2H3,(H2,17,18,19,20). The van der Waals surface area contributed by atoms with Gasteiger partial charge in [0.2, 0.25) is 0 Å². The van der Waals surface area contributed by atoms with E-state index in [4.69, 9.17) is 9.72 Å². The van der Waals surface area contributed by atoms with Crippen LogP contribution in [0.4, 0.5) is 11.6 Å². The van der Waals surface area contributed by atoms with Gasteiger partial charge in [0.15, 0.2) is 0 Å². The molecule has 1 heterocycles. The summed E-state index contributed by atoms with van der Waals surface area (Å²) in [5.41, 5.74) is 0.430. The molecule has 1 aromatic rings. The molecule has 0 unspecified atom stereocenters. The van der Waals surface area contributed by atoms with E-state index in [0.717, 1.165) is 43.6 Å². The lowest BCUT2D eigenvalue weighted by Crippen LogP contribution is -2.18. The first-order valence-corrected chi connectivity index (χ1v) is 8.10. The van der Waals surface area contributed by atoms with Crippen LogP contribution >= 0.6 is 0 Å². The average molecular weight is 290 g/mol. The summed E-state index contributed by atoms with van der Waals surface area (Å²) >= 11 is 0. The molecule has 2 fully saturated rings. The highest BCUT2D eigenvalue weighted by Gasteiger charge is 2.41. The zero-order chi connectivity index (χ0) is 14.7. The normalized spacial score (nSPS) is 19.3. The van der Waals surface area contributed by atoms with E-state index in [9.17, 15) is 0 Å². The predicted octanol–water partition coefficient (Wildman–Crippen LogP) is 3.01. The van der Waals surface area contributed by atoms with Gasteiger partial charge in [-0.05, 0) is 44.4 Å². The summed E-state index contributed by atoms with van der Waals surface area (Å²) in [5, 5.41) is 6.84. The molecule has 2 aliphatic carbocycles. The highest BCUT2D eigenvalue weighted by molar-refractivity contribution is 5.48. The molecule has 0 bridgehead atoms. The number of methoxy groups -OCH3 is 1. The van der Waals surface area contributed by atoms with Gasteiger partial charge in [-0.1, -0.05) is 0 Å². The Bertz CT molecular complexity index is 483. The first kappa shape index (κ1) is 14.6. The van der Waals surface area contributed by atoms with Gasteiger partial charge in [0, 0.05) is 38.8 Å². The van der Waals surface area contributed by atoms with E-state index >= 15 is 0 Å². The summed E-state index contributed by atoms with van der Waals surface area (Å²) in [6, 6.07) is 2.03. The fraction of sp³-hybridized carbons (Fsp3) is 0.750. The van der Waals surface area contributed by atoms with Crippen molar-refractivity contribution in [2.45, 2.75) is 44.9 Å². The summed E-state index contributed by atoms with van der Waals surface area (Å²) in [6.07, 6.45) is 6.19. The van der Waals surface area contributed by atoms with Crippen molar-refractivity contribution in [1.29, 1.82) is 0 Å². The van der Waals surface area contributed by atoms with Crippen LogP contribution < -0.4 is 10.6 Å². The van der Waals surface area contributed by atoms with Gasteiger partial charge in [0.05, 0.1) is 0 Å². The summed E-state index contributed by atoms with van der Waals surface area (Å²) in [4.78, 5) is 9.31. The lowest BCUT2D eigenvalue weighted by molar-refractivity contribution is 0.175. The quantitative estimate of drug-likeness (QED) is 0.732. The Morgan fingerprint density at radius 3 is 2.52 bits per heavy atom. The molecule has 21 heavy (non-hydrogen) atoms. The molecular formula is C16H26N4O. The smallest absolute Gasteiger partial charge is 0.136 e. The molecule has 5 nitrogen and oxygen atoms in total. The molecular weight excluding hydrogens is 264 g/mol. The SMILES string of the molecule is CCNc1cc(NCC2(CCOC)CC2)nc(C2CC2)n1. The van der Waals surface area contributed by atoms with Crippen LogP contribution in [0.5, 0.6) is 0 Å². The van der Waals surface area contributed by atoms with E-state index in [1.54, 1.807) is 7.11 Å². The van der Waals surface area contributed by atoms with Crippen molar-refractivity contribution in [2.75, 3.05) is 37.4 Å². The number of nitrogens with one attached hydrogen (secondary N) is 2. The van der Waals surface area contributed by atoms with Gasteiger partial charge >= 0.3 is 0 Å². The number of aromatic nitrogens is 2. The molecule has 5 heteroatoms. The molecule has 3 rings (SSSR count). The average Bonchev–Trinajstić information content (AvgIpc) is 3.38. The van der Waals surface area contributed by atoms with E-state index in [-0.39, 0.29) is 0 Å². The maximum Gasteiger partial charge on any atom is 0.136 e. The Hall–Kier alpha value is -1.36. The fourth-order valence-electron chi connectivity index (χ4n) is 2.64. The van der Waals surface area contributed by atoms with E-state index in [2.05, 4.69) is 22.5 Å². The van der Waals surface area contributed by atoms with Gasteiger partial charge in [-0.3, -0.25) is 0 Å². The maximum atomic E-state index is 5.22. The number of rotatable bonds is 9. The Morgan fingerprint density at radius 1 is 1.24 bits per heavy atom. The molecule has 116 valence electrons. The zero-order valence-electron chi connectivity index (χ0n) is 13.1. The lowest BCUT2D eigenvalue weighted by atomic mass is 10.0. The second-order valence-electron chi connectivity index (χ2n) is 6.40. The number of hydrogen-bond acceptors (Lipinski definition) is 5. The largest absolute Gasteiger partial charge is 0.385 e. The van der Waals surface area contributed by atoms with Gasteiger partial charge in [-0.2, -0.15) is 0 Å². The molecule has 0 atom stereocenters. The molecule has 2 saturated carbocycles. The molecule has 0 spiro atoms. The zero-order valence-corrected chi connectivity index (χ0v) is 13.1. The van der Waals surface area contributed by atoms with Gasteiger partial charge in [0.1, 0.15) is 17.5 Å². The van der Waals surface area contributed by atoms with E-state index in [1.807, 2.05) is 6.07 Å². The minimum Gasteiger partial charge on any atom is -0.385 e. The number of anilines is 2. The molecule has 0 saturated heterocycles. The monoisotopic (exact) mass is 290 g/mol. The summed E-state index contributed by atoms with van der Waals surface area (Å²) in [6.45, 7) is 4.82. The molecule has 0 radical (unpaired) electrons. The van der Waals surface area contributed by atoms with Crippen LogP contribution in [-0.4, -0.2) is 36.8 Å². The third-order valence-corrected chi connectivity index (χ3v) is 4.48. The van der Waals surface area contributed by atoms with Crippen molar-refractivity contribution in [3.63, 3.8) is 0 Å². The minimum absolute atomic E-state index is 0.430. The van der Waals surface area contributed by atoms with Crippen LogP contribution in [0, 0.1) is 5.41 Å². The molecule has 2 N–H and O–H groups in total. The highest BCUT2D eigenvalue weighted by atomic mass is 16.5. The molecule has 0 amide bonds. The van der Waals surface area contributed by atoms with Crippen LogP contribution in [0.1, 0.15) is 50.8 Å². The second-order valence-corrected chi connectivity index (χ2v) is 6.40. The summed E-state index contributed by atoms with van der Waals surface area (Å²) in [7, 11) is 1.78. The molecule has 0 aliphatic heterocycles. The van der Waals surface area contributed by atoms with Crippen LogP contribution in [0.3, 0.4) is 0 Å². The van der Waals surface area contributed by atoms with Gasteiger partial charge in [-0.15, -0.1) is 0 Å². The van der Waals surface area contributed by atoms with Gasteiger partial charge in [0.25, 0.3) is 0 Å². The van der Waals surface area contributed by atoms with Crippen molar-refractivity contribution < 1.29 is 4.74 Å². The topological polar surface area (TPSA) is 59.1 Å². The molecule has 2 aliphatic rings. The Balaban J connectivity index is 1.64. The lowest BCUT2D eigenvalue weighted by Gasteiger charge is -2.17. The first-order valence-electron chi connectivity index (χ1n) is 8.10. The third-order valence-electron chi connectivity index (χ3n) is 4.48.